The van der Waals surface area contributed by atoms with Crippen LogP contribution in [0.3, 0.4) is 0 Å². The monoisotopic (exact) mass is 285 g/mol. The summed E-state index contributed by atoms with van der Waals surface area (Å²) in [7, 11) is 3.60. The van der Waals surface area contributed by atoms with Crippen molar-refractivity contribution in [1.29, 1.82) is 0 Å². The zero-order valence-corrected chi connectivity index (χ0v) is 12.1. The molecule has 1 saturated heterocycles. The molecular weight excluding hydrogens is 262 g/mol. The third-order valence-electron chi connectivity index (χ3n) is 3.43. The van der Waals surface area contributed by atoms with E-state index < -0.39 is 0 Å². The molecule has 1 N–H and O–H groups in total. The van der Waals surface area contributed by atoms with Crippen molar-refractivity contribution in [2.75, 3.05) is 47.2 Å². The van der Waals surface area contributed by atoms with E-state index in [2.05, 4.69) is 15.5 Å². The van der Waals surface area contributed by atoms with Crippen molar-refractivity contribution in [3.05, 3.63) is 11.7 Å². The Morgan fingerprint density at radius 2 is 2.25 bits per heavy atom. The Labute approximate surface area is 119 Å². The summed E-state index contributed by atoms with van der Waals surface area (Å²) in [6, 6.07) is 0.329. The molecule has 1 aromatic rings. The molecule has 2 unspecified atom stereocenters. The highest BCUT2D eigenvalue weighted by Gasteiger charge is 2.30. The lowest BCUT2D eigenvalue weighted by molar-refractivity contribution is 0.0516. The molecule has 2 rings (SSSR count). The second-order valence-corrected chi connectivity index (χ2v) is 4.77. The van der Waals surface area contributed by atoms with Crippen LogP contribution in [0.1, 0.15) is 24.1 Å². The molecule has 0 saturated carbocycles. The van der Waals surface area contributed by atoms with E-state index in [1.165, 1.54) is 0 Å². The molecule has 1 fully saturated rings. The van der Waals surface area contributed by atoms with Crippen molar-refractivity contribution in [3.8, 4) is 0 Å². The van der Waals surface area contributed by atoms with Crippen LogP contribution in [0.2, 0.25) is 0 Å². The first-order valence-electron chi connectivity index (χ1n) is 6.99. The van der Waals surface area contributed by atoms with Crippen LogP contribution in [0.25, 0.3) is 0 Å². The third-order valence-corrected chi connectivity index (χ3v) is 3.43. The second-order valence-electron chi connectivity index (χ2n) is 4.77. The van der Waals surface area contributed by atoms with Gasteiger partial charge in [-0.3, -0.25) is 0 Å². The van der Waals surface area contributed by atoms with E-state index in [-0.39, 0.29) is 5.92 Å². The molecule has 0 bridgehead atoms. The van der Waals surface area contributed by atoms with E-state index in [4.69, 9.17) is 18.7 Å². The molecule has 2 heterocycles. The van der Waals surface area contributed by atoms with Crippen LogP contribution in [-0.4, -0.2) is 63.4 Å². The van der Waals surface area contributed by atoms with Gasteiger partial charge in [-0.2, -0.15) is 4.98 Å². The van der Waals surface area contributed by atoms with Gasteiger partial charge in [0.05, 0.1) is 32.3 Å². The van der Waals surface area contributed by atoms with Crippen LogP contribution in [0.5, 0.6) is 0 Å². The van der Waals surface area contributed by atoms with Gasteiger partial charge in [0.1, 0.15) is 0 Å². The summed E-state index contributed by atoms with van der Waals surface area (Å²) < 4.78 is 21.1. The quantitative estimate of drug-likeness (QED) is 0.691. The number of nitrogens with one attached hydrogen (secondary N) is 1. The maximum absolute atomic E-state index is 5.50. The molecule has 1 aliphatic heterocycles. The van der Waals surface area contributed by atoms with E-state index in [0.717, 1.165) is 13.0 Å². The van der Waals surface area contributed by atoms with Gasteiger partial charge in [0.25, 0.3) is 0 Å². The van der Waals surface area contributed by atoms with E-state index in [0.29, 0.717) is 50.6 Å². The second kappa shape index (κ2) is 8.31. The Morgan fingerprint density at radius 3 is 3.05 bits per heavy atom. The van der Waals surface area contributed by atoms with Crippen LogP contribution in [-0.2, 0) is 20.6 Å². The smallest absolute Gasteiger partial charge is 0.233 e. The van der Waals surface area contributed by atoms with E-state index in [1.807, 2.05) is 7.05 Å². The number of hydrogen-bond acceptors (Lipinski definition) is 7. The van der Waals surface area contributed by atoms with Crippen molar-refractivity contribution in [1.82, 2.24) is 15.5 Å². The zero-order valence-electron chi connectivity index (χ0n) is 12.1. The SMILES string of the molecule is CNC1CCOCC1c1nc(CCOCCOC)no1. The lowest BCUT2D eigenvalue weighted by Crippen LogP contribution is -2.39. The van der Waals surface area contributed by atoms with Gasteiger partial charge in [-0.15, -0.1) is 0 Å². The molecule has 114 valence electrons. The first-order valence-corrected chi connectivity index (χ1v) is 6.99. The Morgan fingerprint density at radius 1 is 1.35 bits per heavy atom. The normalized spacial score (nSPS) is 23.1. The largest absolute Gasteiger partial charge is 0.382 e. The molecule has 7 heteroatoms. The average molecular weight is 285 g/mol. The molecule has 2 atom stereocenters. The standard InChI is InChI=1S/C13H23N3O4/c1-14-11-3-5-19-9-10(11)13-15-12(16-20-13)4-6-18-8-7-17-2/h10-11,14H,3-9H2,1-2H3. The number of aromatic nitrogens is 2. The van der Waals surface area contributed by atoms with Gasteiger partial charge in [-0.05, 0) is 13.5 Å². The van der Waals surface area contributed by atoms with Crippen molar-refractivity contribution in [2.45, 2.75) is 24.8 Å². The highest BCUT2D eigenvalue weighted by molar-refractivity contribution is 5.01. The van der Waals surface area contributed by atoms with E-state index in [1.54, 1.807) is 7.11 Å². The third kappa shape index (κ3) is 4.24. The molecule has 0 aliphatic carbocycles. The van der Waals surface area contributed by atoms with Crippen molar-refractivity contribution in [2.24, 2.45) is 0 Å². The summed E-state index contributed by atoms with van der Waals surface area (Å²) in [6.07, 6.45) is 1.60. The van der Waals surface area contributed by atoms with Crippen molar-refractivity contribution < 1.29 is 18.7 Å². The first-order chi connectivity index (χ1) is 9.85. The van der Waals surface area contributed by atoms with Crippen molar-refractivity contribution >= 4 is 0 Å². The fourth-order valence-electron chi connectivity index (χ4n) is 2.25. The number of ether oxygens (including phenoxy) is 3. The van der Waals surface area contributed by atoms with Gasteiger partial charge in [0.2, 0.25) is 5.89 Å². The van der Waals surface area contributed by atoms with Gasteiger partial charge in [0, 0.05) is 26.2 Å². The summed E-state index contributed by atoms with van der Waals surface area (Å²) in [6.45, 7) is 3.15. The lowest BCUT2D eigenvalue weighted by atomic mass is 9.96. The summed E-state index contributed by atoms with van der Waals surface area (Å²) in [5, 5.41) is 7.28. The number of methoxy groups -OCH3 is 1. The number of nitrogens with zero attached hydrogens (tertiary/aromatic N) is 2. The minimum absolute atomic E-state index is 0.129. The molecular formula is C13H23N3O4. The van der Waals surface area contributed by atoms with E-state index in [9.17, 15) is 0 Å². The minimum atomic E-state index is 0.129. The van der Waals surface area contributed by atoms with Crippen LogP contribution in [0.15, 0.2) is 4.52 Å². The number of rotatable bonds is 8. The number of likely N-dealkylation sites (N-methyl/N-ethyl adjacent to an activating group) is 1. The maximum Gasteiger partial charge on any atom is 0.233 e. The summed E-state index contributed by atoms with van der Waals surface area (Å²) in [5.41, 5.74) is 0. The summed E-state index contributed by atoms with van der Waals surface area (Å²) in [4.78, 5) is 4.44. The van der Waals surface area contributed by atoms with Crippen LogP contribution >= 0.6 is 0 Å². The molecule has 0 radical (unpaired) electrons. The highest BCUT2D eigenvalue weighted by Crippen LogP contribution is 2.24. The predicted molar refractivity (Wildman–Crippen MR) is 71.7 cm³/mol. The van der Waals surface area contributed by atoms with Gasteiger partial charge >= 0.3 is 0 Å². The fourth-order valence-corrected chi connectivity index (χ4v) is 2.25. The van der Waals surface area contributed by atoms with Crippen LogP contribution in [0, 0.1) is 0 Å². The first kappa shape index (κ1) is 15.4. The van der Waals surface area contributed by atoms with Crippen molar-refractivity contribution in [3.63, 3.8) is 0 Å². The average Bonchev–Trinajstić information content (AvgIpc) is 2.95. The Hall–Kier alpha value is -1.02. The number of hydrogen-bond donors (Lipinski definition) is 1. The topological polar surface area (TPSA) is 78.6 Å². The zero-order chi connectivity index (χ0) is 14.2. The summed E-state index contributed by atoms with van der Waals surface area (Å²) in [5.74, 6) is 1.46. The predicted octanol–water partition coefficient (Wildman–Crippen LogP) is 0.367. The Balaban J connectivity index is 1.81. The molecule has 7 nitrogen and oxygen atoms in total. The van der Waals surface area contributed by atoms with Gasteiger partial charge < -0.3 is 24.1 Å². The van der Waals surface area contributed by atoms with Crippen LogP contribution in [0.4, 0.5) is 0 Å². The van der Waals surface area contributed by atoms with E-state index >= 15 is 0 Å². The van der Waals surface area contributed by atoms with Gasteiger partial charge in [0.15, 0.2) is 5.82 Å². The fraction of sp³-hybridized carbons (Fsp3) is 0.846. The maximum atomic E-state index is 5.50. The Bertz CT molecular complexity index is 385. The molecule has 20 heavy (non-hydrogen) atoms. The highest BCUT2D eigenvalue weighted by atomic mass is 16.5. The molecule has 1 aromatic heterocycles. The summed E-state index contributed by atoms with van der Waals surface area (Å²) >= 11 is 0. The van der Waals surface area contributed by atoms with Crippen LogP contribution < -0.4 is 5.32 Å². The van der Waals surface area contributed by atoms with Gasteiger partial charge in [-0.25, -0.2) is 0 Å². The lowest BCUT2D eigenvalue weighted by Gasteiger charge is -2.28. The molecule has 0 aromatic carbocycles. The molecule has 1 aliphatic rings. The minimum Gasteiger partial charge on any atom is -0.382 e. The van der Waals surface area contributed by atoms with Gasteiger partial charge in [-0.1, -0.05) is 5.16 Å². The Kier molecular flexibility index (Phi) is 6.38. The molecule has 0 amide bonds. The molecule has 0 spiro atoms.